The van der Waals surface area contributed by atoms with Gasteiger partial charge < -0.3 is 15.5 Å². The van der Waals surface area contributed by atoms with Gasteiger partial charge in [0.2, 0.25) is 0 Å². The van der Waals surface area contributed by atoms with Gasteiger partial charge in [-0.25, -0.2) is 9.59 Å². The molecule has 0 saturated heterocycles. The number of amides is 2. The van der Waals surface area contributed by atoms with E-state index in [-0.39, 0.29) is 0 Å². The van der Waals surface area contributed by atoms with E-state index in [4.69, 9.17) is 10.2 Å². The fourth-order valence-electron chi connectivity index (χ4n) is 1.46. The second-order valence-corrected chi connectivity index (χ2v) is 3.60. The van der Waals surface area contributed by atoms with Crippen LogP contribution < -0.4 is 10.2 Å². The van der Waals surface area contributed by atoms with E-state index >= 15 is 0 Å². The number of hydrogen-bond acceptors (Lipinski definition) is 3. The molecule has 0 aromatic heterocycles. The van der Waals surface area contributed by atoms with E-state index in [9.17, 15) is 9.59 Å². The average Bonchev–Trinajstić information content (AvgIpc) is 2.37. The summed E-state index contributed by atoms with van der Waals surface area (Å²) in [6.07, 6.45) is 0. The van der Waals surface area contributed by atoms with Crippen LogP contribution in [-0.4, -0.2) is 41.4 Å². The molecule has 3 N–H and O–H groups in total. The molecular formula is C12H16N2O4. The number of carbonyl (C=O) groups is 2. The monoisotopic (exact) mass is 252 g/mol. The van der Waals surface area contributed by atoms with Crippen LogP contribution in [-0.2, 0) is 4.79 Å². The topological polar surface area (TPSA) is 89.9 Å². The van der Waals surface area contributed by atoms with Crippen molar-refractivity contribution in [3.63, 3.8) is 0 Å². The quantitative estimate of drug-likeness (QED) is 0.718. The Balaban J connectivity index is 2.78. The molecule has 2 amide bonds. The minimum atomic E-state index is -1.30. The fourth-order valence-corrected chi connectivity index (χ4v) is 1.46. The SMILES string of the molecule is CCN(C(=O)NC(CO)C(=O)O)c1ccccc1. The van der Waals surface area contributed by atoms with E-state index in [1.54, 1.807) is 31.2 Å². The standard InChI is InChI=1S/C12H16N2O4/c1-2-14(9-6-4-3-5-7-9)12(18)13-10(8-15)11(16)17/h3-7,10,15H,2,8H2,1H3,(H,13,18)(H,16,17). The van der Waals surface area contributed by atoms with Gasteiger partial charge in [0.1, 0.15) is 0 Å². The first-order valence-corrected chi connectivity index (χ1v) is 5.56. The maximum atomic E-state index is 11.9. The van der Waals surface area contributed by atoms with Crippen LogP contribution in [0.25, 0.3) is 0 Å². The molecule has 0 heterocycles. The molecule has 18 heavy (non-hydrogen) atoms. The van der Waals surface area contributed by atoms with Crippen LogP contribution in [0.2, 0.25) is 0 Å². The molecule has 0 spiro atoms. The van der Waals surface area contributed by atoms with Gasteiger partial charge in [0.15, 0.2) is 6.04 Å². The van der Waals surface area contributed by atoms with E-state index in [0.29, 0.717) is 12.2 Å². The number of hydrogen-bond donors (Lipinski definition) is 3. The molecule has 6 heteroatoms. The molecule has 0 aliphatic carbocycles. The summed E-state index contributed by atoms with van der Waals surface area (Å²) in [7, 11) is 0. The van der Waals surface area contributed by atoms with Gasteiger partial charge in [0, 0.05) is 12.2 Å². The summed E-state index contributed by atoms with van der Waals surface area (Å²) in [5.41, 5.74) is 0.666. The summed E-state index contributed by atoms with van der Waals surface area (Å²) in [6, 6.07) is 7.04. The van der Waals surface area contributed by atoms with Crippen molar-refractivity contribution in [2.75, 3.05) is 18.1 Å². The summed E-state index contributed by atoms with van der Waals surface area (Å²) in [5, 5.41) is 19.9. The number of carboxylic acid groups (broad SMARTS) is 1. The molecular weight excluding hydrogens is 236 g/mol. The van der Waals surface area contributed by atoms with Gasteiger partial charge in [-0.1, -0.05) is 18.2 Å². The fraction of sp³-hybridized carbons (Fsp3) is 0.333. The first-order valence-electron chi connectivity index (χ1n) is 5.56. The molecule has 0 bridgehead atoms. The molecule has 0 aliphatic rings. The lowest BCUT2D eigenvalue weighted by Crippen LogP contribution is -2.49. The van der Waals surface area contributed by atoms with Crippen LogP contribution >= 0.6 is 0 Å². The third-order valence-electron chi connectivity index (χ3n) is 2.41. The predicted octanol–water partition coefficient (Wildman–Crippen LogP) is 0.668. The molecule has 0 aliphatic heterocycles. The molecule has 0 fully saturated rings. The Hall–Kier alpha value is -2.08. The Morgan fingerprint density at radius 3 is 2.39 bits per heavy atom. The van der Waals surface area contributed by atoms with Crippen LogP contribution in [0.4, 0.5) is 10.5 Å². The number of carbonyl (C=O) groups excluding carboxylic acids is 1. The number of anilines is 1. The Labute approximate surface area is 105 Å². The van der Waals surface area contributed by atoms with Gasteiger partial charge in [0.25, 0.3) is 0 Å². The number of nitrogens with one attached hydrogen (secondary N) is 1. The maximum absolute atomic E-state index is 11.9. The highest BCUT2D eigenvalue weighted by Gasteiger charge is 2.22. The third-order valence-corrected chi connectivity index (χ3v) is 2.41. The zero-order valence-electron chi connectivity index (χ0n) is 10.0. The third kappa shape index (κ3) is 3.46. The minimum absolute atomic E-state index is 0.396. The van der Waals surface area contributed by atoms with Gasteiger partial charge in [-0.3, -0.25) is 4.90 Å². The molecule has 0 saturated carbocycles. The smallest absolute Gasteiger partial charge is 0.328 e. The van der Waals surface area contributed by atoms with Crippen molar-refractivity contribution in [1.29, 1.82) is 0 Å². The normalized spacial score (nSPS) is 11.7. The second kappa shape index (κ2) is 6.61. The number of aliphatic hydroxyl groups excluding tert-OH is 1. The minimum Gasteiger partial charge on any atom is -0.480 e. The highest BCUT2D eigenvalue weighted by atomic mass is 16.4. The molecule has 1 aromatic rings. The first kappa shape index (κ1) is 14.0. The lowest BCUT2D eigenvalue weighted by molar-refractivity contribution is -0.140. The number of para-hydroxylation sites is 1. The Morgan fingerprint density at radius 1 is 1.33 bits per heavy atom. The van der Waals surface area contributed by atoms with Gasteiger partial charge in [0.05, 0.1) is 6.61 Å². The molecule has 98 valence electrons. The van der Waals surface area contributed by atoms with Crippen LogP contribution in [0.15, 0.2) is 30.3 Å². The maximum Gasteiger partial charge on any atom is 0.328 e. The zero-order valence-corrected chi connectivity index (χ0v) is 10.0. The summed E-state index contributed by atoms with van der Waals surface area (Å²) >= 11 is 0. The molecule has 1 unspecified atom stereocenters. The van der Waals surface area contributed by atoms with E-state index in [1.165, 1.54) is 4.90 Å². The predicted molar refractivity (Wildman–Crippen MR) is 66.5 cm³/mol. The number of aliphatic carboxylic acids is 1. The molecule has 6 nitrogen and oxygen atoms in total. The van der Waals surface area contributed by atoms with Crippen LogP contribution in [0.1, 0.15) is 6.92 Å². The highest BCUT2D eigenvalue weighted by molar-refractivity contribution is 5.94. The van der Waals surface area contributed by atoms with Gasteiger partial charge >= 0.3 is 12.0 Å². The zero-order chi connectivity index (χ0) is 13.5. The highest BCUT2D eigenvalue weighted by Crippen LogP contribution is 2.12. The largest absolute Gasteiger partial charge is 0.480 e. The summed E-state index contributed by atoms with van der Waals surface area (Å²) < 4.78 is 0. The average molecular weight is 252 g/mol. The van der Waals surface area contributed by atoms with Gasteiger partial charge in [-0.05, 0) is 19.1 Å². The van der Waals surface area contributed by atoms with E-state index in [1.807, 2.05) is 6.07 Å². The Morgan fingerprint density at radius 2 is 1.94 bits per heavy atom. The van der Waals surface area contributed by atoms with E-state index < -0.39 is 24.6 Å². The molecule has 0 radical (unpaired) electrons. The van der Waals surface area contributed by atoms with Gasteiger partial charge in [-0.15, -0.1) is 0 Å². The number of urea groups is 1. The van der Waals surface area contributed by atoms with Crippen molar-refractivity contribution in [3.05, 3.63) is 30.3 Å². The summed E-state index contributed by atoms with van der Waals surface area (Å²) in [6.45, 7) is 1.53. The van der Waals surface area contributed by atoms with Crippen molar-refractivity contribution in [2.24, 2.45) is 0 Å². The number of nitrogens with zero attached hydrogens (tertiary/aromatic N) is 1. The van der Waals surface area contributed by atoms with Crippen molar-refractivity contribution < 1.29 is 19.8 Å². The molecule has 1 atom stereocenters. The van der Waals surface area contributed by atoms with Crippen molar-refractivity contribution in [1.82, 2.24) is 5.32 Å². The number of rotatable bonds is 5. The lowest BCUT2D eigenvalue weighted by atomic mass is 10.3. The summed E-state index contributed by atoms with van der Waals surface area (Å²) in [5.74, 6) is -1.27. The summed E-state index contributed by atoms with van der Waals surface area (Å²) in [4.78, 5) is 24.0. The van der Waals surface area contributed by atoms with Crippen molar-refractivity contribution >= 4 is 17.7 Å². The molecule has 1 aromatic carbocycles. The Kier molecular flexibility index (Phi) is 5.13. The Bertz CT molecular complexity index is 408. The van der Waals surface area contributed by atoms with Crippen molar-refractivity contribution in [2.45, 2.75) is 13.0 Å². The van der Waals surface area contributed by atoms with E-state index in [2.05, 4.69) is 5.32 Å². The number of carboxylic acids is 1. The van der Waals surface area contributed by atoms with Crippen LogP contribution in [0.5, 0.6) is 0 Å². The number of benzene rings is 1. The van der Waals surface area contributed by atoms with Gasteiger partial charge in [-0.2, -0.15) is 0 Å². The van der Waals surface area contributed by atoms with E-state index in [0.717, 1.165) is 0 Å². The molecule has 1 rings (SSSR count). The lowest BCUT2D eigenvalue weighted by Gasteiger charge is -2.23. The number of aliphatic hydroxyl groups is 1. The van der Waals surface area contributed by atoms with Crippen LogP contribution in [0.3, 0.4) is 0 Å². The first-order chi connectivity index (χ1) is 8.60. The second-order valence-electron chi connectivity index (χ2n) is 3.60. The van der Waals surface area contributed by atoms with Crippen molar-refractivity contribution in [3.8, 4) is 0 Å². The van der Waals surface area contributed by atoms with Crippen LogP contribution in [0, 0.1) is 0 Å².